The molecule has 4 rings (SSSR count). The number of thioether (sulfide) groups is 1. The maximum absolute atomic E-state index is 12.7. The van der Waals surface area contributed by atoms with Gasteiger partial charge in [0.2, 0.25) is 5.91 Å². The van der Waals surface area contributed by atoms with E-state index in [2.05, 4.69) is 15.5 Å². The number of ether oxygens (including phenoxy) is 2. The van der Waals surface area contributed by atoms with Gasteiger partial charge in [-0.25, -0.2) is 0 Å². The molecule has 0 saturated heterocycles. The molecule has 0 aliphatic carbocycles. The summed E-state index contributed by atoms with van der Waals surface area (Å²) in [4.78, 5) is 12.7. The predicted molar refractivity (Wildman–Crippen MR) is 130 cm³/mol. The van der Waals surface area contributed by atoms with Crippen LogP contribution in [0.2, 0.25) is 0 Å². The minimum Gasteiger partial charge on any atom is -0.497 e. The van der Waals surface area contributed by atoms with E-state index in [1.165, 1.54) is 11.8 Å². The summed E-state index contributed by atoms with van der Waals surface area (Å²) in [5.41, 5.74) is 3.62. The van der Waals surface area contributed by atoms with Crippen molar-refractivity contribution >= 4 is 23.4 Å². The standard InChI is InChI=1S/C25H24N4O3S/c1-17-9-11-19(12-10-17)29-24(18-7-5-4-6-8-18)27-28-25(29)33-16-23(30)26-21-14-13-20(31-2)15-22(21)32-3/h4-15H,16H2,1-3H3,(H,26,30). The molecule has 33 heavy (non-hydrogen) atoms. The fourth-order valence-electron chi connectivity index (χ4n) is 3.28. The van der Waals surface area contributed by atoms with Gasteiger partial charge in [-0.1, -0.05) is 59.8 Å². The number of benzene rings is 3. The summed E-state index contributed by atoms with van der Waals surface area (Å²) in [7, 11) is 3.13. The van der Waals surface area contributed by atoms with Gasteiger partial charge >= 0.3 is 0 Å². The highest BCUT2D eigenvalue weighted by atomic mass is 32.2. The van der Waals surface area contributed by atoms with E-state index >= 15 is 0 Å². The van der Waals surface area contributed by atoms with Crippen LogP contribution in [0.25, 0.3) is 17.1 Å². The van der Waals surface area contributed by atoms with Crippen LogP contribution < -0.4 is 14.8 Å². The second-order valence-corrected chi connectivity index (χ2v) is 8.19. The molecule has 1 N–H and O–H groups in total. The highest BCUT2D eigenvalue weighted by Crippen LogP contribution is 2.31. The third-order valence-corrected chi connectivity index (χ3v) is 5.90. The van der Waals surface area contributed by atoms with Crippen LogP contribution in [0.5, 0.6) is 11.5 Å². The first-order valence-electron chi connectivity index (χ1n) is 10.3. The first-order valence-corrected chi connectivity index (χ1v) is 11.3. The second-order valence-electron chi connectivity index (χ2n) is 7.25. The SMILES string of the molecule is COc1ccc(NC(=O)CSc2nnc(-c3ccccc3)n2-c2ccc(C)cc2)c(OC)c1. The highest BCUT2D eigenvalue weighted by molar-refractivity contribution is 7.99. The van der Waals surface area contributed by atoms with Gasteiger partial charge in [0.05, 0.1) is 25.7 Å². The van der Waals surface area contributed by atoms with E-state index < -0.39 is 0 Å². The number of nitrogens with one attached hydrogen (secondary N) is 1. The highest BCUT2D eigenvalue weighted by Gasteiger charge is 2.18. The van der Waals surface area contributed by atoms with Crippen LogP contribution in [0.3, 0.4) is 0 Å². The topological polar surface area (TPSA) is 78.3 Å². The Hall–Kier alpha value is -3.78. The Morgan fingerprint density at radius 1 is 0.970 bits per heavy atom. The average Bonchev–Trinajstić information content (AvgIpc) is 3.28. The number of methoxy groups -OCH3 is 2. The number of aryl methyl sites for hydroxylation is 1. The molecule has 0 fully saturated rings. The minimum atomic E-state index is -0.178. The van der Waals surface area contributed by atoms with E-state index in [0.717, 1.165) is 22.6 Å². The molecule has 0 aliphatic rings. The van der Waals surface area contributed by atoms with E-state index in [0.29, 0.717) is 22.3 Å². The van der Waals surface area contributed by atoms with Gasteiger partial charge in [0.1, 0.15) is 11.5 Å². The summed E-state index contributed by atoms with van der Waals surface area (Å²) in [6, 6.07) is 23.3. The van der Waals surface area contributed by atoms with Crippen molar-refractivity contribution < 1.29 is 14.3 Å². The molecule has 1 amide bonds. The van der Waals surface area contributed by atoms with Crippen LogP contribution in [0, 0.1) is 6.92 Å². The van der Waals surface area contributed by atoms with Crippen LogP contribution in [0.1, 0.15) is 5.56 Å². The molecule has 0 saturated carbocycles. The summed E-state index contributed by atoms with van der Waals surface area (Å²) in [6.07, 6.45) is 0. The number of carbonyl (C=O) groups is 1. The summed E-state index contributed by atoms with van der Waals surface area (Å²) in [5.74, 6) is 1.89. The van der Waals surface area contributed by atoms with Gasteiger partial charge < -0.3 is 14.8 Å². The zero-order valence-electron chi connectivity index (χ0n) is 18.6. The molecule has 4 aromatic rings. The number of carbonyl (C=O) groups excluding carboxylic acids is 1. The Labute approximate surface area is 196 Å². The van der Waals surface area contributed by atoms with Crippen molar-refractivity contribution in [3.8, 4) is 28.6 Å². The molecule has 1 heterocycles. The lowest BCUT2D eigenvalue weighted by molar-refractivity contribution is -0.113. The minimum absolute atomic E-state index is 0.161. The summed E-state index contributed by atoms with van der Waals surface area (Å²) in [5, 5.41) is 12.3. The van der Waals surface area contributed by atoms with Crippen molar-refractivity contribution in [2.24, 2.45) is 0 Å². The fourth-order valence-corrected chi connectivity index (χ4v) is 4.03. The van der Waals surface area contributed by atoms with Crippen molar-refractivity contribution in [3.05, 3.63) is 78.4 Å². The number of nitrogens with zero attached hydrogens (tertiary/aromatic N) is 3. The number of hydrogen-bond acceptors (Lipinski definition) is 6. The van der Waals surface area contributed by atoms with Gasteiger partial charge in [0, 0.05) is 17.3 Å². The fraction of sp³-hybridized carbons (Fsp3) is 0.160. The van der Waals surface area contributed by atoms with Crippen molar-refractivity contribution in [3.63, 3.8) is 0 Å². The molecule has 0 unspecified atom stereocenters. The lowest BCUT2D eigenvalue weighted by Gasteiger charge is -2.12. The number of amides is 1. The Morgan fingerprint density at radius 3 is 2.42 bits per heavy atom. The van der Waals surface area contributed by atoms with Crippen LogP contribution in [-0.4, -0.2) is 40.6 Å². The van der Waals surface area contributed by atoms with E-state index in [-0.39, 0.29) is 11.7 Å². The molecular weight excluding hydrogens is 436 g/mol. The smallest absolute Gasteiger partial charge is 0.234 e. The molecule has 0 bridgehead atoms. The molecule has 3 aromatic carbocycles. The molecule has 8 heteroatoms. The molecule has 0 aliphatic heterocycles. The number of rotatable bonds is 8. The second kappa shape index (κ2) is 10.2. The third-order valence-electron chi connectivity index (χ3n) is 4.97. The molecule has 1 aromatic heterocycles. The maximum Gasteiger partial charge on any atom is 0.234 e. The summed E-state index contributed by atoms with van der Waals surface area (Å²) in [6.45, 7) is 2.04. The number of hydrogen-bond donors (Lipinski definition) is 1. The van der Waals surface area contributed by atoms with Gasteiger partial charge in [0.15, 0.2) is 11.0 Å². The van der Waals surface area contributed by atoms with Gasteiger partial charge in [-0.05, 0) is 31.2 Å². The van der Waals surface area contributed by atoms with Crippen molar-refractivity contribution in [2.45, 2.75) is 12.1 Å². The lowest BCUT2D eigenvalue weighted by Crippen LogP contribution is -2.15. The van der Waals surface area contributed by atoms with Crippen molar-refractivity contribution in [1.82, 2.24) is 14.8 Å². The summed E-state index contributed by atoms with van der Waals surface area (Å²) >= 11 is 1.32. The zero-order chi connectivity index (χ0) is 23.2. The molecule has 168 valence electrons. The van der Waals surface area contributed by atoms with Crippen LogP contribution in [-0.2, 0) is 4.79 Å². The Kier molecular flexibility index (Phi) is 6.95. The zero-order valence-corrected chi connectivity index (χ0v) is 19.4. The normalized spacial score (nSPS) is 10.6. The molecule has 0 radical (unpaired) electrons. The Balaban J connectivity index is 1.56. The third kappa shape index (κ3) is 5.18. The molecule has 0 spiro atoms. The predicted octanol–water partition coefficient (Wildman–Crippen LogP) is 4.99. The Morgan fingerprint density at radius 2 is 1.73 bits per heavy atom. The maximum atomic E-state index is 12.7. The van der Waals surface area contributed by atoms with Crippen LogP contribution in [0.15, 0.2) is 78.0 Å². The van der Waals surface area contributed by atoms with Crippen molar-refractivity contribution in [1.29, 1.82) is 0 Å². The average molecular weight is 461 g/mol. The number of aromatic nitrogens is 3. The van der Waals surface area contributed by atoms with Gasteiger partial charge in [-0.3, -0.25) is 9.36 Å². The molecule has 7 nitrogen and oxygen atoms in total. The lowest BCUT2D eigenvalue weighted by atomic mass is 10.2. The van der Waals surface area contributed by atoms with E-state index in [1.807, 2.05) is 66.1 Å². The van der Waals surface area contributed by atoms with Crippen LogP contribution >= 0.6 is 11.8 Å². The van der Waals surface area contributed by atoms with E-state index in [4.69, 9.17) is 9.47 Å². The van der Waals surface area contributed by atoms with Gasteiger partial charge in [-0.2, -0.15) is 0 Å². The van der Waals surface area contributed by atoms with Gasteiger partial charge in [0.25, 0.3) is 0 Å². The Bertz CT molecular complexity index is 1240. The quantitative estimate of drug-likeness (QED) is 0.373. The van der Waals surface area contributed by atoms with E-state index in [1.54, 1.807) is 32.4 Å². The van der Waals surface area contributed by atoms with E-state index in [9.17, 15) is 4.79 Å². The largest absolute Gasteiger partial charge is 0.497 e. The number of anilines is 1. The summed E-state index contributed by atoms with van der Waals surface area (Å²) < 4.78 is 12.5. The molecule has 0 atom stereocenters. The first kappa shape index (κ1) is 22.4. The first-order chi connectivity index (χ1) is 16.1. The van der Waals surface area contributed by atoms with Crippen LogP contribution in [0.4, 0.5) is 5.69 Å². The van der Waals surface area contributed by atoms with Gasteiger partial charge in [-0.15, -0.1) is 10.2 Å². The molecular formula is C25H24N4O3S. The van der Waals surface area contributed by atoms with Crippen molar-refractivity contribution in [2.75, 3.05) is 25.3 Å². The monoisotopic (exact) mass is 460 g/mol.